The van der Waals surface area contributed by atoms with Gasteiger partial charge in [-0.3, -0.25) is 0 Å². The van der Waals surface area contributed by atoms with Gasteiger partial charge in [-0.05, 0) is 7.05 Å². The molecule has 4 atom stereocenters. The van der Waals surface area contributed by atoms with E-state index in [-0.39, 0.29) is 18.4 Å². The molecule has 0 radical (unpaired) electrons. The Morgan fingerprint density at radius 1 is 1.23 bits per heavy atom. The smallest absolute Gasteiger partial charge is 0.0714 e. The molecule has 0 amide bonds. The lowest BCUT2D eigenvalue weighted by Gasteiger charge is -2.27. The van der Waals surface area contributed by atoms with Crippen LogP contribution in [0.5, 0.6) is 0 Å². The molecule has 0 bridgehead atoms. The lowest BCUT2D eigenvalue weighted by atomic mass is 9.90. The van der Waals surface area contributed by atoms with E-state index < -0.39 is 12.2 Å². The molecule has 0 heterocycles. The third-order valence-electron chi connectivity index (χ3n) is 2.43. The molecular formula is C9H21NO3. The third-order valence-corrected chi connectivity index (χ3v) is 2.43. The number of hydrogen-bond donors (Lipinski definition) is 4. The first-order valence-electron chi connectivity index (χ1n) is 4.66. The number of nitrogens with one attached hydrogen (secondary N) is 1. The van der Waals surface area contributed by atoms with E-state index in [0.717, 1.165) is 0 Å². The average molecular weight is 191 g/mol. The van der Waals surface area contributed by atoms with Crippen molar-refractivity contribution < 1.29 is 15.3 Å². The van der Waals surface area contributed by atoms with E-state index in [4.69, 9.17) is 5.11 Å². The van der Waals surface area contributed by atoms with Crippen molar-refractivity contribution >= 4 is 0 Å². The topological polar surface area (TPSA) is 72.7 Å². The Morgan fingerprint density at radius 3 is 2.15 bits per heavy atom. The van der Waals surface area contributed by atoms with E-state index in [9.17, 15) is 10.2 Å². The molecule has 80 valence electrons. The van der Waals surface area contributed by atoms with Gasteiger partial charge in [0.1, 0.15) is 0 Å². The van der Waals surface area contributed by atoms with Gasteiger partial charge in [-0.2, -0.15) is 0 Å². The van der Waals surface area contributed by atoms with Crippen LogP contribution < -0.4 is 5.32 Å². The highest BCUT2D eigenvalue weighted by Crippen LogP contribution is 2.15. The minimum absolute atomic E-state index is 0.0578. The zero-order chi connectivity index (χ0) is 10.4. The standard InChI is InChI=1S/C9H21NO3/c1-6(5-11)9(13)7(2)8(12)4-10-3/h6-13H,4-5H2,1-3H3/t6-,7-,8+,9-/m1/s1. The average Bonchev–Trinajstić information content (AvgIpc) is 2.14. The van der Waals surface area contributed by atoms with Crippen molar-refractivity contribution in [2.45, 2.75) is 26.1 Å². The van der Waals surface area contributed by atoms with Gasteiger partial charge >= 0.3 is 0 Å². The van der Waals surface area contributed by atoms with Gasteiger partial charge in [-0.25, -0.2) is 0 Å². The van der Waals surface area contributed by atoms with E-state index in [0.29, 0.717) is 6.54 Å². The van der Waals surface area contributed by atoms with Crippen LogP contribution >= 0.6 is 0 Å². The number of hydrogen-bond acceptors (Lipinski definition) is 4. The summed E-state index contributed by atoms with van der Waals surface area (Å²) in [5.74, 6) is -0.420. The van der Waals surface area contributed by atoms with Gasteiger partial charge in [0.05, 0.1) is 12.2 Å². The first kappa shape index (κ1) is 12.8. The van der Waals surface area contributed by atoms with Crippen LogP contribution in [-0.2, 0) is 0 Å². The number of likely N-dealkylation sites (N-methyl/N-ethyl adjacent to an activating group) is 1. The molecule has 0 spiro atoms. The maximum atomic E-state index is 9.64. The van der Waals surface area contributed by atoms with Gasteiger partial charge < -0.3 is 20.6 Å². The predicted molar refractivity (Wildman–Crippen MR) is 51.4 cm³/mol. The molecule has 0 rings (SSSR count). The Bertz CT molecular complexity index is 132. The third kappa shape index (κ3) is 4.04. The highest BCUT2D eigenvalue weighted by molar-refractivity contribution is 4.77. The highest BCUT2D eigenvalue weighted by atomic mass is 16.3. The van der Waals surface area contributed by atoms with Crippen LogP contribution in [0.1, 0.15) is 13.8 Å². The maximum absolute atomic E-state index is 9.64. The van der Waals surface area contributed by atoms with Gasteiger partial charge in [-0.15, -0.1) is 0 Å². The second-order valence-corrected chi connectivity index (χ2v) is 3.63. The summed E-state index contributed by atoms with van der Waals surface area (Å²) in [6.07, 6.45) is -1.23. The van der Waals surface area contributed by atoms with Crippen LogP contribution in [0.2, 0.25) is 0 Å². The Kier molecular flexibility index (Phi) is 6.24. The Balaban J connectivity index is 3.99. The summed E-state index contributed by atoms with van der Waals surface area (Å²) in [4.78, 5) is 0. The number of rotatable bonds is 6. The molecule has 4 heteroatoms. The quantitative estimate of drug-likeness (QED) is 0.443. The van der Waals surface area contributed by atoms with Gasteiger partial charge in [0, 0.05) is 25.0 Å². The Hall–Kier alpha value is -0.160. The second-order valence-electron chi connectivity index (χ2n) is 3.63. The minimum atomic E-state index is -0.659. The summed E-state index contributed by atoms with van der Waals surface area (Å²) in [6.45, 7) is 3.93. The van der Waals surface area contributed by atoms with E-state index in [1.807, 2.05) is 0 Å². The predicted octanol–water partition coefficient (Wildman–Crippen LogP) is -0.808. The fourth-order valence-corrected chi connectivity index (χ4v) is 1.25. The van der Waals surface area contributed by atoms with Crippen LogP contribution in [0.25, 0.3) is 0 Å². The van der Waals surface area contributed by atoms with E-state index in [2.05, 4.69) is 5.32 Å². The molecule has 0 aromatic carbocycles. The van der Waals surface area contributed by atoms with Crippen molar-refractivity contribution in [2.24, 2.45) is 11.8 Å². The van der Waals surface area contributed by atoms with Crippen LogP contribution in [0.15, 0.2) is 0 Å². The van der Waals surface area contributed by atoms with Crippen LogP contribution in [-0.4, -0.2) is 47.7 Å². The Morgan fingerprint density at radius 2 is 1.77 bits per heavy atom. The molecule has 0 saturated heterocycles. The van der Waals surface area contributed by atoms with Gasteiger partial charge in [0.15, 0.2) is 0 Å². The van der Waals surface area contributed by atoms with Crippen LogP contribution in [0, 0.1) is 11.8 Å². The largest absolute Gasteiger partial charge is 0.396 e. The number of aliphatic hydroxyl groups is 3. The monoisotopic (exact) mass is 191 g/mol. The molecule has 0 aromatic rings. The summed E-state index contributed by atoms with van der Waals surface area (Å²) in [5.41, 5.74) is 0. The molecule has 0 aliphatic carbocycles. The van der Waals surface area contributed by atoms with Gasteiger partial charge in [-0.1, -0.05) is 13.8 Å². The van der Waals surface area contributed by atoms with Crippen molar-refractivity contribution in [2.75, 3.05) is 20.2 Å². The summed E-state index contributed by atoms with van der Waals surface area (Å²) < 4.78 is 0. The highest BCUT2D eigenvalue weighted by Gasteiger charge is 2.25. The molecule has 4 nitrogen and oxygen atoms in total. The molecular weight excluding hydrogens is 170 g/mol. The normalized spacial score (nSPS) is 20.8. The fraction of sp³-hybridized carbons (Fsp3) is 1.00. The summed E-state index contributed by atoms with van der Waals surface area (Å²) in [5, 5.41) is 30.8. The summed E-state index contributed by atoms with van der Waals surface area (Å²) >= 11 is 0. The first-order chi connectivity index (χ1) is 6.04. The second kappa shape index (κ2) is 6.32. The molecule has 0 saturated carbocycles. The van der Waals surface area contributed by atoms with E-state index >= 15 is 0 Å². The molecule has 4 N–H and O–H groups in total. The molecule has 0 fully saturated rings. The van der Waals surface area contributed by atoms with E-state index in [1.165, 1.54) is 0 Å². The summed E-state index contributed by atoms with van der Waals surface area (Å²) in [7, 11) is 1.75. The molecule has 0 aliphatic heterocycles. The molecule has 0 aliphatic rings. The Labute approximate surface area is 79.6 Å². The molecule has 0 aromatic heterocycles. The fourth-order valence-electron chi connectivity index (χ4n) is 1.25. The number of aliphatic hydroxyl groups excluding tert-OH is 3. The van der Waals surface area contributed by atoms with Crippen LogP contribution in [0.4, 0.5) is 0 Å². The van der Waals surface area contributed by atoms with Crippen molar-refractivity contribution in [3.63, 3.8) is 0 Å². The molecule has 13 heavy (non-hydrogen) atoms. The maximum Gasteiger partial charge on any atom is 0.0714 e. The van der Waals surface area contributed by atoms with Crippen molar-refractivity contribution in [1.29, 1.82) is 0 Å². The first-order valence-corrected chi connectivity index (χ1v) is 4.66. The van der Waals surface area contributed by atoms with Gasteiger partial charge in [0.2, 0.25) is 0 Å². The minimum Gasteiger partial charge on any atom is -0.396 e. The van der Waals surface area contributed by atoms with E-state index in [1.54, 1.807) is 20.9 Å². The lowest BCUT2D eigenvalue weighted by Crippen LogP contribution is -2.39. The van der Waals surface area contributed by atoms with Crippen molar-refractivity contribution in [3.05, 3.63) is 0 Å². The lowest BCUT2D eigenvalue weighted by molar-refractivity contribution is -0.0180. The zero-order valence-corrected chi connectivity index (χ0v) is 8.57. The SMILES string of the molecule is CNC[C@H](O)[C@@H](C)[C@H](O)[C@H](C)CO. The van der Waals surface area contributed by atoms with Gasteiger partial charge in [0.25, 0.3) is 0 Å². The zero-order valence-electron chi connectivity index (χ0n) is 8.57. The summed E-state index contributed by atoms with van der Waals surface area (Å²) in [6, 6.07) is 0. The van der Waals surface area contributed by atoms with Crippen molar-refractivity contribution in [3.8, 4) is 0 Å². The van der Waals surface area contributed by atoms with Crippen LogP contribution in [0.3, 0.4) is 0 Å². The van der Waals surface area contributed by atoms with Crippen molar-refractivity contribution in [1.82, 2.24) is 5.32 Å². The molecule has 0 unspecified atom stereocenters.